The first kappa shape index (κ1) is 88.1. The van der Waals surface area contributed by atoms with Gasteiger partial charge in [0.1, 0.15) is 19.3 Å². The summed E-state index contributed by atoms with van der Waals surface area (Å²) in [6.07, 6.45) is 46.0. The van der Waals surface area contributed by atoms with E-state index in [9.17, 15) is 43.2 Å². The fraction of sp³-hybridized carbons (Fsp3) is 0.944. The normalized spacial score (nSPS) is 14.2. The van der Waals surface area contributed by atoms with E-state index in [2.05, 4.69) is 48.5 Å². The largest absolute Gasteiger partial charge is 0.472 e. The van der Waals surface area contributed by atoms with E-state index in [1.165, 1.54) is 167 Å². The van der Waals surface area contributed by atoms with Crippen LogP contribution in [-0.2, 0) is 65.4 Å². The van der Waals surface area contributed by atoms with Crippen LogP contribution in [0.5, 0.6) is 0 Å². The number of hydrogen-bond acceptors (Lipinski definition) is 15. The summed E-state index contributed by atoms with van der Waals surface area (Å²) < 4.78 is 68.2. The van der Waals surface area contributed by atoms with E-state index in [0.717, 1.165) is 102 Å². The Balaban J connectivity index is 5.21. The number of aliphatic hydroxyl groups is 1. The van der Waals surface area contributed by atoms with Crippen molar-refractivity contribution in [2.45, 2.75) is 375 Å². The highest BCUT2D eigenvalue weighted by Crippen LogP contribution is 2.45. The van der Waals surface area contributed by atoms with Gasteiger partial charge in [0.05, 0.1) is 26.4 Å². The summed E-state index contributed by atoms with van der Waals surface area (Å²) in [4.78, 5) is 72.5. The summed E-state index contributed by atoms with van der Waals surface area (Å²) in [5.41, 5.74) is 0. The molecule has 0 aromatic carbocycles. The lowest BCUT2D eigenvalue weighted by Gasteiger charge is -2.21. The van der Waals surface area contributed by atoms with Crippen molar-refractivity contribution in [3.05, 3.63) is 0 Å². The molecule has 0 heterocycles. The molecule has 0 amide bonds. The maximum Gasteiger partial charge on any atom is 0.472 e. The minimum Gasteiger partial charge on any atom is -0.462 e. The number of esters is 4. The van der Waals surface area contributed by atoms with Crippen molar-refractivity contribution in [1.82, 2.24) is 0 Å². The van der Waals surface area contributed by atoms with Gasteiger partial charge < -0.3 is 33.8 Å². The van der Waals surface area contributed by atoms with Gasteiger partial charge in [-0.25, -0.2) is 9.13 Å². The number of hydrogen-bond donors (Lipinski definition) is 3. The SMILES string of the molecule is CCCCCCCCCCCC(=O)OC[C@H](COP(=O)(O)OC[C@H](O)COP(=O)(O)OC[C@@H](COC(=O)CCCCCCCCCCCCCCC(C)C)OC(=O)CCCCCCCCCCCCCCCCC(C)C)OC(=O)CCCCCCCCC(C)C. The molecule has 0 aromatic rings. The van der Waals surface area contributed by atoms with E-state index >= 15 is 0 Å². The molecule has 0 aliphatic rings. The van der Waals surface area contributed by atoms with Gasteiger partial charge in [-0.15, -0.1) is 0 Å². The number of carbonyl (C=O) groups excluding carboxylic acids is 4. The van der Waals surface area contributed by atoms with Gasteiger partial charge in [-0.2, -0.15) is 0 Å². The molecule has 534 valence electrons. The van der Waals surface area contributed by atoms with Gasteiger partial charge in [0, 0.05) is 25.7 Å². The molecular weight excluding hydrogens is 1190 g/mol. The molecular formula is C71H138O17P2. The zero-order valence-corrected chi connectivity index (χ0v) is 60.4. The highest BCUT2D eigenvalue weighted by Gasteiger charge is 2.30. The average molecular weight is 1330 g/mol. The van der Waals surface area contributed by atoms with Crippen LogP contribution in [0, 0.1) is 17.8 Å². The van der Waals surface area contributed by atoms with Crippen LogP contribution in [0.1, 0.15) is 357 Å². The van der Waals surface area contributed by atoms with Crippen molar-refractivity contribution < 1.29 is 80.2 Å². The van der Waals surface area contributed by atoms with Crippen LogP contribution < -0.4 is 0 Å². The summed E-state index contributed by atoms with van der Waals surface area (Å²) in [5.74, 6) is 0.117. The smallest absolute Gasteiger partial charge is 0.462 e. The van der Waals surface area contributed by atoms with Crippen LogP contribution in [0.2, 0.25) is 0 Å². The quantitative estimate of drug-likeness (QED) is 0.0222. The summed E-state index contributed by atoms with van der Waals surface area (Å²) >= 11 is 0. The molecule has 0 bridgehead atoms. The molecule has 17 nitrogen and oxygen atoms in total. The Hall–Kier alpha value is -1.94. The Labute approximate surface area is 549 Å². The Bertz CT molecular complexity index is 1770. The highest BCUT2D eigenvalue weighted by atomic mass is 31.2. The summed E-state index contributed by atoms with van der Waals surface area (Å²) in [5, 5.41) is 10.6. The molecule has 0 aromatic heterocycles. The number of rotatable bonds is 69. The van der Waals surface area contributed by atoms with Crippen molar-refractivity contribution in [3.8, 4) is 0 Å². The topological polar surface area (TPSA) is 237 Å². The van der Waals surface area contributed by atoms with Gasteiger partial charge in [-0.1, -0.05) is 305 Å². The van der Waals surface area contributed by atoms with Crippen LogP contribution in [0.4, 0.5) is 0 Å². The second-order valence-corrected chi connectivity index (χ2v) is 30.0. The van der Waals surface area contributed by atoms with E-state index in [-0.39, 0.29) is 25.7 Å². The number of ether oxygens (including phenoxy) is 4. The molecule has 0 aliphatic heterocycles. The lowest BCUT2D eigenvalue weighted by atomic mass is 10.0. The summed E-state index contributed by atoms with van der Waals surface area (Å²) in [6.45, 7) is 11.8. The average Bonchev–Trinajstić information content (AvgIpc) is 3.56. The summed E-state index contributed by atoms with van der Waals surface area (Å²) in [7, 11) is -9.90. The number of unbranched alkanes of at least 4 members (excludes halogenated alkanes) is 37. The molecule has 3 N–H and O–H groups in total. The van der Waals surface area contributed by atoms with Crippen molar-refractivity contribution in [2.75, 3.05) is 39.6 Å². The summed E-state index contributed by atoms with van der Waals surface area (Å²) in [6, 6.07) is 0. The Morgan fingerprint density at radius 2 is 0.511 bits per heavy atom. The van der Waals surface area contributed by atoms with Gasteiger partial charge in [0.15, 0.2) is 12.2 Å². The molecule has 5 atom stereocenters. The van der Waals surface area contributed by atoms with E-state index < -0.39 is 97.5 Å². The van der Waals surface area contributed by atoms with E-state index in [4.69, 9.17) is 37.0 Å². The number of carbonyl (C=O) groups is 4. The highest BCUT2D eigenvalue weighted by molar-refractivity contribution is 7.47. The van der Waals surface area contributed by atoms with Crippen LogP contribution in [0.25, 0.3) is 0 Å². The minimum absolute atomic E-state index is 0.102. The molecule has 0 radical (unpaired) electrons. The molecule has 0 spiro atoms. The Morgan fingerprint density at radius 1 is 0.300 bits per heavy atom. The second kappa shape index (κ2) is 61.9. The molecule has 0 saturated carbocycles. The first-order valence-corrected chi connectivity index (χ1v) is 39.8. The van der Waals surface area contributed by atoms with E-state index in [0.29, 0.717) is 31.6 Å². The van der Waals surface area contributed by atoms with Crippen LogP contribution in [0.15, 0.2) is 0 Å². The lowest BCUT2D eigenvalue weighted by molar-refractivity contribution is -0.161. The van der Waals surface area contributed by atoms with Gasteiger partial charge in [0.2, 0.25) is 0 Å². The second-order valence-electron chi connectivity index (χ2n) is 27.1. The fourth-order valence-corrected chi connectivity index (χ4v) is 12.3. The van der Waals surface area contributed by atoms with Crippen molar-refractivity contribution in [3.63, 3.8) is 0 Å². The predicted molar refractivity (Wildman–Crippen MR) is 363 cm³/mol. The van der Waals surface area contributed by atoms with E-state index in [1.807, 2.05) is 0 Å². The molecule has 0 saturated heterocycles. The molecule has 90 heavy (non-hydrogen) atoms. The fourth-order valence-electron chi connectivity index (χ4n) is 10.7. The molecule has 2 unspecified atom stereocenters. The van der Waals surface area contributed by atoms with Gasteiger partial charge in [0.25, 0.3) is 0 Å². The standard InChI is InChI=1S/C71H138O17P2/c1-8-9-10-11-12-23-30-38-45-52-68(73)81-59-67(88-71(76)55-48-41-34-33-37-44-51-64(6)7)61-86-90(79,80)84-57-65(72)56-83-89(77,78)85-60-66(58-82-69(74)53-46-39-31-26-21-18-17-20-25-29-36-43-50-63(4)5)87-70(75)54-47-40-32-27-22-16-14-13-15-19-24-28-35-42-49-62(2)3/h62-67,72H,8-61H2,1-7H3,(H,77,78)(H,79,80)/t65-,66-,67-/m1/s1. The first-order chi connectivity index (χ1) is 43.2. The van der Waals surface area contributed by atoms with Crippen molar-refractivity contribution >= 4 is 39.5 Å². The minimum atomic E-state index is -4.95. The van der Waals surface area contributed by atoms with Crippen molar-refractivity contribution in [2.24, 2.45) is 17.8 Å². The predicted octanol–water partition coefficient (Wildman–Crippen LogP) is 20.2. The zero-order chi connectivity index (χ0) is 66.6. The monoisotopic (exact) mass is 1320 g/mol. The third-order valence-electron chi connectivity index (χ3n) is 16.4. The third kappa shape index (κ3) is 64.8. The lowest BCUT2D eigenvalue weighted by Crippen LogP contribution is -2.30. The molecule has 19 heteroatoms. The third-order valence-corrected chi connectivity index (χ3v) is 18.3. The van der Waals surface area contributed by atoms with Crippen LogP contribution in [-0.4, -0.2) is 96.7 Å². The van der Waals surface area contributed by atoms with E-state index in [1.54, 1.807) is 0 Å². The number of phosphoric ester groups is 2. The zero-order valence-electron chi connectivity index (χ0n) is 58.6. The van der Waals surface area contributed by atoms with Crippen LogP contribution >= 0.6 is 15.6 Å². The van der Waals surface area contributed by atoms with Gasteiger partial charge in [-0.3, -0.25) is 37.3 Å². The Kier molecular flexibility index (Phi) is 60.6. The molecule has 0 fully saturated rings. The maximum absolute atomic E-state index is 13.0. The van der Waals surface area contributed by atoms with Gasteiger partial charge >= 0.3 is 39.5 Å². The first-order valence-electron chi connectivity index (χ1n) is 36.8. The van der Waals surface area contributed by atoms with Crippen molar-refractivity contribution in [1.29, 1.82) is 0 Å². The van der Waals surface area contributed by atoms with Gasteiger partial charge in [-0.05, 0) is 43.4 Å². The maximum atomic E-state index is 13.0. The molecule has 0 aliphatic carbocycles. The molecule has 0 rings (SSSR count). The number of phosphoric acid groups is 2. The van der Waals surface area contributed by atoms with Crippen LogP contribution in [0.3, 0.4) is 0 Å². The number of aliphatic hydroxyl groups excluding tert-OH is 1. The Morgan fingerprint density at radius 3 is 0.756 bits per heavy atom.